The molecule has 0 saturated heterocycles. The van der Waals surface area contributed by atoms with Crippen molar-refractivity contribution in [3.05, 3.63) is 34.6 Å². The van der Waals surface area contributed by atoms with Gasteiger partial charge in [-0.3, -0.25) is 0 Å². The lowest BCUT2D eigenvalue weighted by Gasteiger charge is -2.28. The lowest BCUT2D eigenvalue weighted by Crippen LogP contribution is -2.34. The number of hydrogen-bond acceptors (Lipinski definition) is 1. The van der Waals surface area contributed by atoms with E-state index in [1.54, 1.807) is 12.1 Å². The molecule has 0 amide bonds. The lowest BCUT2D eigenvalue weighted by molar-refractivity contribution is 0.304. The minimum atomic E-state index is -0.203. The van der Waals surface area contributed by atoms with E-state index in [0.717, 1.165) is 12.8 Å². The molecule has 88 valence electrons. The van der Waals surface area contributed by atoms with Crippen LogP contribution in [-0.2, 0) is 6.42 Å². The number of benzene rings is 1. The molecule has 2 unspecified atom stereocenters. The number of hydrogen-bond donors (Lipinski definition) is 1. The minimum Gasteiger partial charge on any atom is -0.327 e. The van der Waals surface area contributed by atoms with Crippen LogP contribution in [0.4, 0.5) is 4.39 Å². The van der Waals surface area contributed by atoms with Gasteiger partial charge >= 0.3 is 0 Å². The smallest absolute Gasteiger partial charge is 0.127 e. The van der Waals surface area contributed by atoms with Gasteiger partial charge in [-0.15, -0.1) is 0 Å². The zero-order valence-corrected chi connectivity index (χ0v) is 10.0. The normalized spacial score (nSPS) is 25.7. The summed E-state index contributed by atoms with van der Waals surface area (Å²) in [6.45, 7) is 0. The third kappa shape index (κ3) is 2.55. The summed E-state index contributed by atoms with van der Waals surface area (Å²) in [5, 5.41) is 0.526. The fourth-order valence-corrected chi connectivity index (χ4v) is 2.72. The molecule has 0 radical (unpaired) electrons. The Morgan fingerprint density at radius 2 is 2.06 bits per heavy atom. The number of halogens is 2. The molecule has 0 bridgehead atoms. The van der Waals surface area contributed by atoms with Crippen LogP contribution >= 0.6 is 11.6 Å². The fourth-order valence-electron chi connectivity index (χ4n) is 2.48. The maximum Gasteiger partial charge on any atom is 0.127 e. The standard InChI is InChI=1S/C13H17ClFN/c14-11-5-3-6-12(15)10(11)8-9-4-1-2-7-13(9)16/h3,5-6,9,13H,1-2,4,7-8,16H2. The topological polar surface area (TPSA) is 26.0 Å². The summed E-state index contributed by atoms with van der Waals surface area (Å²) in [5.74, 6) is 0.174. The van der Waals surface area contributed by atoms with Crippen LogP contribution in [0.25, 0.3) is 0 Å². The largest absolute Gasteiger partial charge is 0.327 e. The van der Waals surface area contributed by atoms with Gasteiger partial charge in [-0.05, 0) is 37.3 Å². The second-order valence-corrected chi connectivity index (χ2v) is 5.02. The molecular weight excluding hydrogens is 225 g/mol. The quantitative estimate of drug-likeness (QED) is 0.842. The van der Waals surface area contributed by atoms with Gasteiger partial charge in [0.15, 0.2) is 0 Å². The Kier molecular flexibility index (Phi) is 3.82. The summed E-state index contributed by atoms with van der Waals surface area (Å²) in [4.78, 5) is 0. The van der Waals surface area contributed by atoms with E-state index in [1.165, 1.54) is 18.9 Å². The highest BCUT2D eigenvalue weighted by molar-refractivity contribution is 6.31. The molecule has 1 aliphatic carbocycles. The Labute approximate surface area is 101 Å². The maximum absolute atomic E-state index is 13.6. The van der Waals surface area contributed by atoms with Gasteiger partial charge in [-0.2, -0.15) is 0 Å². The van der Waals surface area contributed by atoms with Crippen LogP contribution in [0.1, 0.15) is 31.2 Å². The van der Waals surface area contributed by atoms with Crippen molar-refractivity contribution in [2.24, 2.45) is 11.7 Å². The predicted octanol–water partition coefficient (Wildman–Crippen LogP) is 3.54. The van der Waals surface area contributed by atoms with Gasteiger partial charge in [0.25, 0.3) is 0 Å². The molecule has 1 saturated carbocycles. The van der Waals surface area contributed by atoms with Gasteiger partial charge in [0.05, 0.1) is 0 Å². The second-order valence-electron chi connectivity index (χ2n) is 4.61. The Balaban J connectivity index is 2.13. The first-order chi connectivity index (χ1) is 7.68. The summed E-state index contributed by atoms with van der Waals surface area (Å²) in [6.07, 6.45) is 5.21. The molecule has 1 nitrogen and oxygen atoms in total. The van der Waals surface area contributed by atoms with Crippen LogP contribution in [0.3, 0.4) is 0 Å². The van der Waals surface area contributed by atoms with Crippen molar-refractivity contribution in [1.29, 1.82) is 0 Å². The minimum absolute atomic E-state index is 0.199. The van der Waals surface area contributed by atoms with E-state index >= 15 is 0 Å². The Hall–Kier alpha value is -0.600. The van der Waals surface area contributed by atoms with Crippen LogP contribution < -0.4 is 5.73 Å². The molecule has 1 fully saturated rings. The van der Waals surface area contributed by atoms with Gasteiger partial charge in [0.1, 0.15) is 5.82 Å². The zero-order valence-electron chi connectivity index (χ0n) is 9.26. The van der Waals surface area contributed by atoms with Crippen LogP contribution in [0, 0.1) is 11.7 Å². The molecule has 16 heavy (non-hydrogen) atoms. The molecule has 2 N–H and O–H groups in total. The Morgan fingerprint density at radius 3 is 2.75 bits per heavy atom. The van der Waals surface area contributed by atoms with Gasteiger partial charge in [0.2, 0.25) is 0 Å². The highest BCUT2D eigenvalue weighted by Crippen LogP contribution is 2.29. The third-order valence-corrected chi connectivity index (χ3v) is 3.85. The van der Waals surface area contributed by atoms with Gasteiger partial charge in [0, 0.05) is 16.6 Å². The van der Waals surface area contributed by atoms with Crippen LogP contribution in [0.15, 0.2) is 18.2 Å². The number of rotatable bonds is 2. The molecule has 1 aromatic carbocycles. The summed E-state index contributed by atoms with van der Waals surface area (Å²) in [7, 11) is 0. The van der Waals surface area contributed by atoms with E-state index < -0.39 is 0 Å². The molecule has 0 aliphatic heterocycles. The van der Waals surface area contributed by atoms with Crippen molar-refractivity contribution in [3.8, 4) is 0 Å². The fraction of sp³-hybridized carbons (Fsp3) is 0.538. The van der Waals surface area contributed by atoms with Gasteiger partial charge in [-0.1, -0.05) is 30.5 Å². The van der Waals surface area contributed by atoms with Crippen molar-refractivity contribution in [3.63, 3.8) is 0 Å². The molecule has 3 heteroatoms. The first kappa shape index (κ1) is 11.9. The molecular formula is C13H17ClFN. The molecule has 2 atom stereocenters. The maximum atomic E-state index is 13.6. The molecule has 1 aromatic rings. The van der Waals surface area contributed by atoms with Crippen molar-refractivity contribution < 1.29 is 4.39 Å². The third-order valence-electron chi connectivity index (χ3n) is 3.50. The average Bonchev–Trinajstić information content (AvgIpc) is 2.26. The van der Waals surface area contributed by atoms with E-state index in [0.29, 0.717) is 22.9 Å². The SMILES string of the molecule is NC1CCCCC1Cc1c(F)cccc1Cl. The van der Waals surface area contributed by atoms with Crippen molar-refractivity contribution in [1.82, 2.24) is 0 Å². The monoisotopic (exact) mass is 241 g/mol. The summed E-state index contributed by atoms with van der Waals surface area (Å²) in [5.41, 5.74) is 6.69. The van der Waals surface area contributed by atoms with E-state index in [2.05, 4.69) is 0 Å². The average molecular weight is 242 g/mol. The zero-order chi connectivity index (χ0) is 11.5. The van der Waals surface area contributed by atoms with Gasteiger partial charge < -0.3 is 5.73 Å². The van der Waals surface area contributed by atoms with E-state index in [4.69, 9.17) is 17.3 Å². The lowest BCUT2D eigenvalue weighted by atomic mass is 9.81. The highest BCUT2D eigenvalue weighted by atomic mass is 35.5. The van der Waals surface area contributed by atoms with E-state index in [9.17, 15) is 4.39 Å². The van der Waals surface area contributed by atoms with Crippen molar-refractivity contribution in [2.45, 2.75) is 38.1 Å². The van der Waals surface area contributed by atoms with E-state index in [1.807, 2.05) is 0 Å². The number of nitrogens with two attached hydrogens (primary N) is 1. The van der Waals surface area contributed by atoms with Crippen LogP contribution in [0.5, 0.6) is 0 Å². The Morgan fingerprint density at radius 1 is 1.31 bits per heavy atom. The van der Waals surface area contributed by atoms with Crippen molar-refractivity contribution >= 4 is 11.6 Å². The van der Waals surface area contributed by atoms with Crippen LogP contribution in [0.2, 0.25) is 5.02 Å². The molecule has 1 aliphatic rings. The molecule has 0 aromatic heterocycles. The second kappa shape index (κ2) is 5.15. The first-order valence-electron chi connectivity index (χ1n) is 5.87. The summed E-state index contributed by atoms with van der Waals surface area (Å²) >= 11 is 6.02. The van der Waals surface area contributed by atoms with Crippen molar-refractivity contribution in [2.75, 3.05) is 0 Å². The summed E-state index contributed by atoms with van der Waals surface area (Å²) < 4.78 is 13.6. The van der Waals surface area contributed by atoms with Crippen LogP contribution in [-0.4, -0.2) is 6.04 Å². The molecule has 2 rings (SSSR count). The first-order valence-corrected chi connectivity index (χ1v) is 6.24. The highest BCUT2D eigenvalue weighted by Gasteiger charge is 2.23. The van der Waals surface area contributed by atoms with E-state index in [-0.39, 0.29) is 11.9 Å². The van der Waals surface area contributed by atoms with Gasteiger partial charge in [-0.25, -0.2) is 4.39 Å². The molecule has 0 spiro atoms. The molecule has 0 heterocycles. The predicted molar refractivity (Wildman–Crippen MR) is 65.0 cm³/mol. The Bertz CT molecular complexity index is 347. The summed E-state index contributed by atoms with van der Waals surface area (Å²) in [6, 6.07) is 5.05.